The van der Waals surface area contributed by atoms with Crippen LogP contribution in [0.4, 0.5) is 0 Å². The highest BCUT2D eigenvalue weighted by Gasteiger charge is 2.16. The Labute approximate surface area is 141 Å². The van der Waals surface area contributed by atoms with Gasteiger partial charge in [-0.15, -0.1) is 0 Å². The van der Waals surface area contributed by atoms with Crippen molar-refractivity contribution in [3.05, 3.63) is 71.1 Å². The highest BCUT2D eigenvalue weighted by atomic mass is 16.5. The van der Waals surface area contributed by atoms with Crippen molar-refractivity contribution < 1.29 is 9.47 Å². The van der Waals surface area contributed by atoms with Crippen LogP contribution in [-0.4, -0.2) is 13.7 Å². The van der Waals surface area contributed by atoms with Crippen molar-refractivity contribution in [3.8, 4) is 17.6 Å². The standard InChI is InChI=1S/C19H19N3O2/c1-23-18-5-3-2-4-15(18)8-11-17-19(13-21-22-17)24-16-9-6-14(12-20)7-10-16/h2-7,9-10,21-22H,8,11,13H2,1H3. The molecule has 0 bridgehead atoms. The molecule has 2 aromatic rings. The minimum atomic E-state index is 0.621. The molecule has 0 atom stereocenters. The summed E-state index contributed by atoms with van der Waals surface area (Å²) in [5, 5.41) is 8.85. The van der Waals surface area contributed by atoms with E-state index in [1.165, 1.54) is 5.56 Å². The molecule has 2 aromatic carbocycles. The number of methoxy groups -OCH3 is 1. The van der Waals surface area contributed by atoms with E-state index in [2.05, 4.69) is 23.0 Å². The number of rotatable bonds is 6. The van der Waals surface area contributed by atoms with Crippen LogP contribution in [0.5, 0.6) is 11.5 Å². The van der Waals surface area contributed by atoms with Gasteiger partial charge in [-0.1, -0.05) is 18.2 Å². The Balaban J connectivity index is 1.69. The molecule has 1 aliphatic heterocycles. The summed E-state index contributed by atoms with van der Waals surface area (Å²) < 4.78 is 11.3. The van der Waals surface area contributed by atoms with Gasteiger partial charge < -0.3 is 14.9 Å². The number of nitrogens with zero attached hydrogens (tertiary/aromatic N) is 1. The molecule has 122 valence electrons. The Kier molecular flexibility index (Phi) is 4.99. The van der Waals surface area contributed by atoms with E-state index in [-0.39, 0.29) is 0 Å². The van der Waals surface area contributed by atoms with Crippen LogP contribution in [0.2, 0.25) is 0 Å². The fourth-order valence-corrected chi connectivity index (χ4v) is 2.62. The maximum Gasteiger partial charge on any atom is 0.140 e. The van der Waals surface area contributed by atoms with Gasteiger partial charge >= 0.3 is 0 Å². The number of allylic oxidation sites excluding steroid dienone is 1. The molecule has 2 N–H and O–H groups in total. The maximum atomic E-state index is 8.85. The van der Waals surface area contributed by atoms with Crippen LogP contribution in [0.3, 0.4) is 0 Å². The van der Waals surface area contributed by atoms with Crippen LogP contribution >= 0.6 is 0 Å². The zero-order valence-electron chi connectivity index (χ0n) is 13.5. The third kappa shape index (κ3) is 3.67. The van der Waals surface area contributed by atoms with E-state index in [1.54, 1.807) is 19.2 Å². The molecule has 0 radical (unpaired) electrons. The van der Waals surface area contributed by atoms with Crippen molar-refractivity contribution in [1.82, 2.24) is 10.9 Å². The van der Waals surface area contributed by atoms with E-state index >= 15 is 0 Å². The molecule has 0 aliphatic carbocycles. The summed E-state index contributed by atoms with van der Waals surface area (Å²) in [6, 6.07) is 17.2. The summed E-state index contributed by atoms with van der Waals surface area (Å²) in [6.45, 7) is 0.626. The Morgan fingerprint density at radius 1 is 1.08 bits per heavy atom. The van der Waals surface area contributed by atoms with Crippen molar-refractivity contribution in [3.63, 3.8) is 0 Å². The zero-order valence-corrected chi connectivity index (χ0v) is 13.5. The molecule has 0 spiro atoms. The number of hydrogen-bond acceptors (Lipinski definition) is 5. The average Bonchev–Trinajstić information content (AvgIpc) is 3.08. The molecular weight excluding hydrogens is 302 g/mol. The van der Waals surface area contributed by atoms with Gasteiger partial charge in [0.25, 0.3) is 0 Å². The first-order valence-corrected chi connectivity index (χ1v) is 7.81. The molecule has 0 amide bonds. The minimum Gasteiger partial charge on any atom is -0.496 e. The minimum absolute atomic E-state index is 0.621. The average molecular weight is 321 g/mol. The van der Waals surface area contributed by atoms with Gasteiger partial charge in [0.05, 0.1) is 31.0 Å². The van der Waals surface area contributed by atoms with Gasteiger partial charge in [0.15, 0.2) is 0 Å². The monoisotopic (exact) mass is 321 g/mol. The predicted octanol–water partition coefficient (Wildman–Crippen LogP) is 2.90. The number of hydrogen-bond donors (Lipinski definition) is 2. The van der Waals surface area contributed by atoms with Gasteiger partial charge in [0.1, 0.15) is 17.3 Å². The summed E-state index contributed by atoms with van der Waals surface area (Å²) in [6.07, 6.45) is 1.67. The Hall–Kier alpha value is -2.97. The lowest BCUT2D eigenvalue weighted by molar-refractivity contribution is 0.407. The van der Waals surface area contributed by atoms with Gasteiger partial charge in [0.2, 0.25) is 0 Å². The van der Waals surface area contributed by atoms with Crippen LogP contribution in [0.25, 0.3) is 0 Å². The van der Waals surface area contributed by atoms with Crippen molar-refractivity contribution in [2.45, 2.75) is 12.8 Å². The molecule has 0 fully saturated rings. The van der Waals surface area contributed by atoms with E-state index < -0.39 is 0 Å². The normalized spacial score (nSPS) is 13.3. The van der Waals surface area contributed by atoms with E-state index in [1.807, 2.05) is 30.3 Å². The second kappa shape index (κ2) is 7.53. The fourth-order valence-electron chi connectivity index (χ4n) is 2.62. The molecule has 24 heavy (non-hydrogen) atoms. The van der Waals surface area contributed by atoms with E-state index in [9.17, 15) is 0 Å². The van der Waals surface area contributed by atoms with Crippen LogP contribution < -0.4 is 20.3 Å². The first-order valence-electron chi connectivity index (χ1n) is 7.81. The molecule has 5 heteroatoms. The van der Waals surface area contributed by atoms with E-state index in [0.29, 0.717) is 12.1 Å². The summed E-state index contributed by atoms with van der Waals surface area (Å²) in [7, 11) is 1.69. The lowest BCUT2D eigenvalue weighted by Gasteiger charge is -2.11. The molecule has 1 aliphatic rings. The van der Waals surface area contributed by atoms with Crippen molar-refractivity contribution in [2.75, 3.05) is 13.7 Å². The maximum absolute atomic E-state index is 8.85. The summed E-state index contributed by atoms with van der Waals surface area (Å²) in [5.41, 5.74) is 9.09. The zero-order chi connectivity index (χ0) is 16.8. The molecule has 0 saturated heterocycles. The topological polar surface area (TPSA) is 66.3 Å². The Morgan fingerprint density at radius 3 is 2.62 bits per heavy atom. The second-order valence-electron chi connectivity index (χ2n) is 5.43. The lowest BCUT2D eigenvalue weighted by Crippen LogP contribution is -2.24. The second-order valence-corrected chi connectivity index (χ2v) is 5.43. The van der Waals surface area contributed by atoms with Crippen molar-refractivity contribution in [1.29, 1.82) is 5.26 Å². The largest absolute Gasteiger partial charge is 0.496 e. The fraction of sp³-hybridized carbons (Fsp3) is 0.211. The van der Waals surface area contributed by atoms with Crippen LogP contribution in [0.15, 0.2) is 60.0 Å². The molecule has 5 nitrogen and oxygen atoms in total. The van der Waals surface area contributed by atoms with E-state index in [4.69, 9.17) is 14.7 Å². The van der Waals surface area contributed by atoms with Crippen molar-refractivity contribution >= 4 is 0 Å². The lowest BCUT2D eigenvalue weighted by atomic mass is 10.1. The highest BCUT2D eigenvalue weighted by molar-refractivity contribution is 5.36. The third-order valence-electron chi connectivity index (χ3n) is 3.89. The number of nitrogens with one attached hydrogen (secondary N) is 2. The number of ether oxygens (including phenoxy) is 2. The van der Waals surface area contributed by atoms with Crippen LogP contribution in [-0.2, 0) is 6.42 Å². The van der Waals surface area contributed by atoms with E-state index in [0.717, 1.165) is 35.8 Å². The Bertz CT molecular complexity index is 776. The summed E-state index contributed by atoms with van der Waals surface area (Å²) in [5.74, 6) is 2.50. The van der Waals surface area contributed by atoms with Gasteiger partial charge in [-0.25, -0.2) is 5.43 Å². The van der Waals surface area contributed by atoms with Crippen LogP contribution in [0.1, 0.15) is 17.5 Å². The predicted molar refractivity (Wildman–Crippen MR) is 91.3 cm³/mol. The summed E-state index contributed by atoms with van der Waals surface area (Å²) in [4.78, 5) is 0. The third-order valence-corrected chi connectivity index (χ3v) is 3.89. The number of nitriles is 1. The Morgan fingerprint density at radius 2 is 1.88 bits per heavy atom. The summed E-state index contributed by atoms with van der Waals surface area (Å²) >= 11 is 0. The van der Waals surface area contributed by atoms with Gasteiger partial charge in [0, 0.05) is 0 Å². The van der Waals surface area contributed by atoms with Crippen molar-refractivity contribution in [2.24, 2.45) is 0 Å². The molecule has 3 rings (SSSR count). The first-order chi connectivity index (χ1) is 11.8. The molecule has 0 unspecified atom stereocenters. The number of aryl methyl sites for hydroxylation is 1. The first kappa shape index (κ1) is 15.9. The number of para-hydroxylation sites is 1. The van der Waals surface area contributed by atoms with Gasteiger partial charge in [-0.3, -0.25) is 0 Å². The quantitative estimate of drug-likeness (QED) is 0.856. The molecule has 0 aromatic heterocycles. The molecule has 0 saturated carbocycles. The van der Waals surface area contributed by atoms with Gasteiger partial charge in [-0.05, 0) is 48.7 Å². The molecular formula is C19H19N3O2. The number of hydrazine groups is 1. The smallest absolute Gasteiger partial charge is 0.140 e. The molecule has 1 heterocycles. The van der Waals surface area contributed by atoms with Crippen LogP contribution in [0, 0.1) is 11.3 Å². The SMILES string of the molecule is COc1ccccc1CCC1=C(Oc2ccc(C#N)cc2)CNN1. The highest BCUT2D eigenvalue weighted by Crippen LogP contribution is 2.23. The number of benzene rings is 2. The van der Waals surface area contributed by atoms with Gasteiger partial charge in [-0.2, -0.15) is 5.26 Å².